The molecule has 2 heteroatoms. The summed E-state index contributed by atoms with van der Waals surface area (Å²) in [4.78, 5) is 16.5. The van der Waals surface area contributed by atoms with Crippen LogP contribution in [0.15, 0.2) is 17.1 Å². The van der Waals surface area contributed by atoms with E-state index in [0.29, 0.717) is 0 Å². The predicted molar refractivity (Wildman–Crippen MR) is 143 cm³/mol. The highest BCUT2D eigenvalue weighted by atomic mass is 16.1. The number of aromatic amines is 1. The molecule has 1 N–H and O–H groups in total. The summed E-state index contributed by atoms with van der Waals surface area (Å²) < 4.78 is 0. The van der Waals surface area contributed by atoms with E-state index < -0.39 is 0 Å². The summed E-state index contributed by atoms with van der Waals surface area (Å²) in [7, 11) is 0. The Bertz CT molecular complexity index is 663. The fourth-order valence-corrected chi connectivity index (χ4v) is 5.57. The molecule has 0 aromatic carbocycles. The fraction of sp³-hybridized carbons (Fsp3) is 0.833. The number of rotatable bonds is 19. The molecule has 0 bridgehead atoms. The van der Waals surface area contributed by atoms with E-state index in [2.05, 4.69) is 52.6 Å². The Labute approximate surface area is 200 Å². The minimum absolute atomic E-state index is 0.0244. The van der Waals surface area contributed by atoms with Crippen LogP contribution in [0.1, 0.15) is 162 Å². The first-order valence-corrected chi connectivity index (χ1v) is 14.1. The molecule has 32 heavy (non-hydrogen) atoms. The Hall–Kier alpha value is -1.05. The van der Waals surface area contributed by atoms with E-state index >= 15 is 0 Å². The molecule has 2 atom stereocenters. The van der Waals surface area contributed by atoms with E-state index in [4.69, 9.17) is 0 Å². The van der Waals surface area contributed by atoms with Crippen molar-refractivity contribution in [1.29, 1.82) is 0 Å². The maximum absolute atomic E-state index is 13.4. The largest absolute Gasteiger partial charge is 0.329 e. The first-order chi connectivity index (χ1) is 15.4. The van der Waals surface area contributed by atoms with Crippen molar-refractivity contribution in [1.82, 2.24) is 4.98 Å². The van der Waals surface area contributed by atoms with Gasteiger partial charge in [0.05, 0.1) is 0 Å². The van der Waals surface area contributed by atoms with Gasteiger partial charge in [-0.1, -0.05) is 125 Å². The topological polar surface area (TPSA) is 32.9 Å². The average molecular weight is 446 g/mol. The van der Waals surface area contributed by atoms with Gasteiger partial charge < -0.3 is 4.98 Å². The second kappa shape index (κ2) is 15.7. The lowest BCUT2D eigenvalue weighted by atomic mass is 9.66. The monoisotopic (exact) mass is 445 g/mol. The molecule has 2 nitrogen and oxygen atoms in total. The molecule has 0 spiro atoms. The number of hydrogen-bond donors (Lipinski definition) is 1. The third-order valence-corrected chi connectivity index (χ3v) is 7.79. The van der Waals surface area contributed by atoms with Crippen LogP contribution in [0, 0.1) is 0 Å². The van der Waals surface area contributed by atoms with Crippen LogP contribution in [0.3, 0.4) is 0 Å². The van der Waals surface area contributed by atoms with Gasteiger partial charge in [0, 0.05) is 11.8 Å². The molecule has 0 aliphatic rings. The highest BCUT2D eigenvalue weighted by Crippen LogP contribution is 2.43. The van der Waals surface area contributed by atoms with Gasteiger partial charge in [-0.25, -0.2) is 0 Å². The van der Waals surface area contributed by atoms with Crippen molar-refractivity contribution in [2.24, 2.45) is 0 Å². The molecule has 0 fully saturated rings. The van der Waals surface area contributed by atoms with Crippen LogP contribution < -0.4 is 5.56 Å². The number of hydrogen-bond acceptors (Lipinski definition) is 1. The van der Waals surface area contributed by atoms with Crippen LogP contribution >= 0.6 is 0 Å². The minimum atomic E-state index is -0.0244. The Balaban J connectivity index is 3.37. The highest BCUT2D eigenvalue weighted by molar-refractivity contribution is 5.37. The van der Waals surface area contributed by atoms with Crippen molar-refractivity contribution < 1.29 is 0 Å². The summed E-state index contributed by atoms with van der Waals surface area (Å²) >= 11 is 0. The van der Waals surface area contributed by atoms with Gasteiger partial charge in [0.25, 0.3) is 5.56 Å². The van der Waals surface area contributed by atoms with Crippen LogP contribution in [0.2, 0.25) is 0 Å². The molecule has 186 valence electrons. The van der Waals surface area contributed by atoms with Gasteiger partial charge in [-0.2, -0.15) is 0 Å². The van der Waals surface area contributed by atoms with Gasteiger partial charge in [-0.15, -0.1) is 0 Å². The molecule has 1 heterocycles. The van der Waals surface area contributed by atoms with Crippen molar-refractivity contribution in [3.63, 3.8) is 0 Å². The normalized spacial score (nSPS) is 15.4. The van der Waals surface area contributed by atoms with E-state index in [1.807, 2.05) is 6.20 Å². The van der Waals surface area contributed by atoms with Gasteiger partial charge in [-0.05, 0) is 48.1 Å². The molecule has 0 aliphatic heterocycles. The maximum atomic E-state index is 13.4. The van der Waals surface area contributed by atoms with Gasteiger partial charge in [0.15, 0.2) is 0 Å². The molecule has 1 aromatic rings. The first kappa shape index (κ1) is 29.0. The highest BCUT2D eigenvalue weighted by Gasteiger charge is 2.37. The molecule has 0 amide bonds. The molecular formula is C30H55NO. The van der Waals surface area contributed by atoms with Crippen molar-refractivity contribution in [3.05, 3.63) is 33.7 Å². The Kier molecular flexibility index (Phi) is 14.2. The predicted octanol–water partition coefficient (Wildman–Crippen LogP) is 9.60. The lowest BCUT2D eigenvalue weighted by molar-refractivity contribution is 0.329. The quantitative estimate of drug-likeness (QED) is 0.211. The van der Waals surface area contributed by atoms with Crippen molar-refractivity contribution in [2.45, 2.75) is 162 Å². The summed E-state index contributed by atoms with van der Waals surface area (Å²) in [6.45, 7) is 14.0. The Morgan fingerprint density at radius 3 is 1.59 bits per heavy atom. The van der Waals surface area contributed by atoms with Gasteiger partial charge in [-0.3, -0.25) is 4.79 Å². The molecule has 0 radical (unpaired) electrons. The average Bonchev–Trinajstić information content (AvgIpc) is 2.78. The smallest absolute Gasteiger partial charge is 0.251 e. The molecule has 0 saturated heterocycles. The van der Waals surface area contributed by atoms with Crippen LogP contribution in [-0.4, -0.2) is 4.98 Å². The van der Waals surface area contributed by atoms with Crippen molar-refractivity contribution in [3.8, 4) is 0 Å². The van der Waals surface area contributed by atoms with Crippen molar-refractivity contribution in [2.75, 3.05) is 0 Å². The molecule has 1 rings (SSSR count). The van der Waals surface area contributed by atoms with Crippen LogP contribution in [-0.2, 0) is 10.8 Å². The van der Waals surface area contributed by atoms with E-state index in [1.165, 1.54) is 102 Å². The Morgan fingerprint density at radius 1 is 0.625 bits per heavy atom. The molecule has 0 aliphatic carbocycles. The van der Waals surface area contributed by atoms with Crippen LogP contribution in [0.4, 0.5) is 0 Å². The second-order valence-corrected chi connectivity index (χ2v) is 10.9. The molecule has 0 saturated carbocycles. The summed E-state index contributed by atoms with van der Waals surface area (Å²) in [5.74, 6) is 0. The zero-order valence-electron chi connectivity index (χ0n) is 22.6. The maximum Gasteiger partial charge on any atom is 0.251 e. The minimum Gasteiger partial charge on any atom is -0.329 e. The zero-order valence-corrected chi connectivity index (χ0v) is 22.6. The van der Waals surface area contributed by atoms with Crippen LogP contribution in [0.5, 0.6) is 0 Å². The third kappa shape index (κ3) is 9.06. The van der Waals surface area contributed by atoms with Gasteiger partial charge >= 0.3 is 0 Å². The summed E-state index contributed by atoms with van der Waals surface area (Å²) in [5.41, 5.74) is 2.74. The number of aromatic nitrogens is 1. The van der Waals surface area contributed by atoms with Gasteiger partial charge in [0.1, 0.15) is 0 Å². The summed E-state index contributed by atoms with van der Waals surface area (Å²) in [6, 6.07) is 2.28. The van der Waals surface area contributed by atoms with Crippen molar-refractivity contribution >= 4 is 0 Å². The lowest BCUT2D eigenvalue weighted by Crippen LogP contribution is -2.37. The SMILES string of the molecule is CCCCCCC(C)(CCCCC)c1cc[nH]c(=O)c1C(C)(CCCC)CCCCCC. The number of nitrogens with one attached hydrogen (secondary N) is 1. The van der Waals surface area contributed by atoms with Gasteiger partial charge in [0.2, 0.25) is 0 Å². The zero-order chi connectivity index (χ0) is 23.9. The number of pyridine rings is 1. The summed E-state index contributed by atoms with van der Waals surface area (Å²) in [5, 5.41) is 0. The van der Waals surface area contributed by atoms with E-state index in [-0.39, 0.29) is 16.4 Å². The molecular weight excluding hydrogens is 390 g/mol. The van der Waals surface area contributed by atoms with Crippen LogP contribution in [0.25, 0.3) is 0 Å². The first-order valence-electron chi connectivity index (χ1n) is 14.1. The van der Waals surface area contributed by atoms with E-state index in [1.54, 1.807) is 0 Å². The second-order valence-electron chi connectivity index (χ2n) is 10.9. The molecule has 2 unspecified atom stereocenters. The summed E-state index contributed by atoms with van der Waals surface area (Å²) in [6.07, 6.45) is 23.0. The Morgan fingerprint density at radius 2 is 1.06 bits per heavy atom. The molecule has 1 aromatic heterocycles. The fourth-order valence-electron chi connectivity index (χ4n) is 5.57. The number of H-pyrrole nitrogens is 1. The lowest BCUT2D eigenvalue weighted by Gasteiger charge is -2.38. The standard InChI is InChI=1S/C30H55NO/c1-7-11-15-18-23-29(5,22-17-13-9-3)26-20-25-31-28(32)27(26)30(6,21-14-10-4)24-19-16-12-8-2/h20,25H,7-19,21-24H2,1-6H3,(H,31,32). The number of unbranched alkanes of at least 4 members (excludes halogenated alkanes) is 9. The third-order valence-electron chi connectivity index (χ3n) is 7.79. The van der Waals surface area contributed by atoms with E-state index in [0.717, 1.165) is 18.4 Å². The van der Waals surface area contributed by atoms with E-state index in [9.17, 15) is 4.79 Å².